The lowest BCUT2D eigenvalue weighted by atomic mass is 10.1. The minimum Gasteiger partial charge on any atom is -0.492 e. The number of nitrogens with one attached hydrogen (secondary N) is 1. The van der Waals surface area contributed by atoms with Crippen LogP contribution in [-0.4, -0.2) is 45.5 Å². The highest BCUT2D eigenvalue weighted by molar-refractivity contribution is 7.17. The molecule has 0 bridgehead atoms. The van der Waals surface area contributed by atoms with Crippen LogP contribution in [0, 0.1) is 0 Å². The first kappa shape index (κ1) is 22.8. The molecule has 0 saturated carbocycles. The van der Waals surface area contributed by atoms with Gasteiger partial charge in [-0.25, -0.2) is 9.36 Å². The van der Waals surface area contributed by atoms with Gasteiger partial charge in [0.15, 0.2) is 0 Å². The molecule has 1 fully saturated rings. The molecule has 3 heterocycles. The van der Waals surface area contributed by atoms with Crippen LogP contribution in [0.15, 0.2) is 45.3 Å². The number of rotatable bonds is 7. The maximum Gasteiger partial charge on any atom is 0.332 e. The van der Waals surface area contributed by atoms with Crippen molar-refractivity contribution < 1.29 is 14.3 Å². The van der Waals surface area contributed by atoms with E-state index in [0.717, 1.165) is 23.8 Å². The van der Waals surface area contributed by atoms with Gasteiger partial charge in [-0.3, -0.25) is 19.0 Å². The van der Waals surface area contributed by atoms with Crippen molar-refractivity contribution >= 4 is 39.1 Å². The van der Waals surface area contributed by atoms with Gasteiger partial charge >= 0.3 is 5.69 Å². The molecule has 3 aromatic rings. The zero-order valence-corrected chi connectivity index (χ0v) is 19.2. The van der Waals surface area contributed by atoms with Gasteiger partial charge in [-0.15, -0.1) is 11.3 Å². The van der Waals surface area contributed by atoms with Crippen LogP contribution < -0.4 is 21.3 Å². The Morgan fingerprint density at radius 3 is 2.55 bits per heavy atom. The molecule has 174 valence electrons. The number of anilines is 1. The predicted molar refractivity (Wildman–Crippen MR) is 127 cm³/mol. The molecule has 1 aliphatic rings. The molecular weight excluding hydrogens is 444 g/mol. The van der Waals surface area contributed by atoms with E-state index in [9.17, 15) is 19.2 Å². The molecule has 10 heteroatoms. The molecule has 2 aromatic heterocycles. The predicted octanol–water partition coefficient (Wildman–Crippen LogP) is 2.27. The number of nitrogens with zero attached hydrogens (tertiary/aromatic N) is 3. The number of hydrogen-bond donors (Lipinski definition) is 1. The number of likely N-dealkylation sites (tertiary alicyclic amines) is 1. The van der Waals surface area contributed by atoms with E-state index in [1.165, 1.54) is 15.9 Å². The van der Waals surface area contributed by atoms with Gasteiger partial charge in [0, 0.05) is 13.1 Å². The number of amides is 2. The van der Waals surface area contributed by atoms with Gasteiger partial charge in [-0.2, -0.15) is 0 Å². The molecule has 33 heavy (non-hydrogen) atoms. The number of ether oxygens (including phenoxy) is 1. The highest BCUT2D eigenvalue weighted by atomic mass is 32.1. The fraction of sp³-hybridized carbons (Fsp3) is 0.391. The third-order valence-corrected chi connectivity index (χ3v) is 6.49. The van der Waals surface area contributed by atoms with Crippen molar-refractivity contribution in [2.75, 3.05) is 25.0 Å². The first-order chi connectivity index (χ1) is 16.0. The van der Waals surface area contributed by atoms with Crippen molar-refractivity contribution in [3.63, 3.8) is 0 Å². The van der Waals surface area contributed by atoms with E-state index in [4.69, 9.17) is 4.74 Å². The summed E-state index contributed by atoms with van der Waals surface area (Å²) >= 11 is 1.18. The second-order valence-electron chi connectivity index (χ2n) is 7.81. The Hall–Kier alpha value is -3.40. The molecule has 2 amide bonds. The van der Waals surface area contributed by atoms with Crippen LogP contribution in [-0.2, 0) is 22.7 Å². The SMILES string of the molecule is CCOc1ccccc1NC(=O)Cn1c(=O)n(CC(=O)N2CCCCC2)c(=O)c2sccc21. The smallest absolute Gasteiger partial charge is 0.332 e. The summed E-state index contributed by atoms with van der Waals surface area (Å²) in [4.78, 5) is 53.5. The lowest BCUT2D eigenvalue weighted by molar-refractivity contribution is -0.132. The van der Waals surface area contributed by atoms with Crippen molar-refractivity contribution in [2.45, 2.75) is 39.3 Å². The zero-order chi connectivity index (χ0) is 23.4. The summed E-state index contributed by atoms with van der Waals surface area (Å²) in [6.45, 7) is 2.91. The number of carbonyl (C=O) groups excluding carboxylic acids is 2. The zero-order valence-electron chi connectivity index (χ0n) is 18.4. The molecule has 4 rings (SSSR count). The first-order valence-electron chi connectivity index (χ1n) is 11.0. The second kappa shape index (κ2) is 10.0. The molecule has 0 aliphatic carbocycles. The van der Waals surface area contributed by atoms with Crippen LogP contribution >= 0.6 is 11.3 Å². The van der Waals surface area contributed by atoms with E-state index >= 15 is 0 Å². The molecule has 9 nitrogen and oxygen atoms in total. The summed E-state index contributed by atoms with van der Waals surface area (Å²) in [6.07, 6.45) is 2.90. The Morgan fingerprint density at radius 2 is 1.79 bits per heavy atom. The van der Waals surface area contributed by atoms with E-state index in [0.29, 0.717) is 41.3 Å². The summed E-state index contributed by atoms with van der Waals surface area (Å²) in [7, 11) is 0. The summed E-state index contributed by atoms with van der Waals surface area (Å²) in [5.74, 6) is -0.172. The van der Waals surface area contributed by atoms with E-state index in [1.807, 2.05) is 6.92 Å². The van der Waals surface area contributed by atoms with Crippen LogP contribution in [0.25, 0.3) is 10.2 Å². The topological polar surface area (TPSA) is 103 Å². The Morgan fingerprint density at radius 1 is 1.03 bits per heavy atom. The fourth-order valence-corrected chi connectivity index (χ4v) is 4.83. The Balaban J connectivity index is 1.63. The van der Waals surface area contributed by atoms with Crippen molar-refractivity contribution in [1.82, 2.24) is 14.0 Å². The number of benzene rings is 1. The van der Waals surface area contributed by atoms with Gasteiger partial charge in [0.2, 0.25) is 11.8 Å². The summed E-state index contributed by atoms with van der Waals surface area (Å²) < 4.78 is 8.06. The quantitative estimate of drug-likeness (QED) is 0.571. The van der Waals surface area contributed by atoms with Gasteiger partial charge in [0.1, 0.15) is 23.5 Å². The number of thiophene rings is 1. The van der Waals surface area contributed by atoms with Crippen LogP contribution in [0.5, 0.6) is 5.75 Å². The molecule has 1 aliphatic heterocycles. The summed E-state index contributed by atoms with van der Waals surface area (Å²) in [5, 5.41) is 4.47. The lowest BCUT2D eigenvalue weighted by Crippen LogP contribution is -2.46. The van der Waals surface area contributed by atoms with E-state index < -0.39 is 17.2 Å². The Labute approximate surface area is 194 Å². The van der Waals surface area contributed by atoms with Crippen molar-refractivity contribution in [2.24, 2.45) is 0 Å². The largest absolute Gasteiger partial charge is 0.492 e. The van der Waals surface area contributed by atoms with Crippen molar-refractivity contribution in [3.05, 3.63) is 56.5 Å². The van der Waals surface area contributed by atoms with Crippen LogP contribution in [0.1, 0.15) is 26.2 Å². The average molecular weight is 471 g/mol. The number of aromatic nitrogens is 2. The van der Waals surface area contributed by atoms with Gasteiger partial charge in [0.25, 0.3) is 5.56 Å². The summed E-state index contributed by atoms with van der Waals surface area (Å²) in [5.41, 5.74) is -0.310. The summed E-state index contributed by atoms with van der Waals surface area (Å²) in [6, 6.07) is 8.67. The van der Waals surface area contributed by atoms with Crippen LogP contribution in [0.2, 0.25) is 0 Å². The highest BCUT2D eigenvalue weighted by Crippen LogP contribution is 2.24. The molecule has 1 saturated heterocycles. The maximum atomic E-state index is 13.2. The normalized spacial score (nSPS) is 13.8. The van der Waals surface area contributed by atoms with Crippen molar-refractivity contribution in [3.8, 4) is 5.75 Å². The number of para-hydroxylation sites is 2. The molecule has 1 aromatic carbocycles. The average Bonchev–Trinajstić information content (AvgIpc) is 3.31. The third-order valence-electron chi connectivity index (χ3n) is 5.60. The van der Waals surface area contributed by atoms with Crippen LogP contribution in [0.3, 0.4) is 0 Å². The van der Waals surface area contributed by atoms with E-state index in [-0.39, 0.29) is 19.0 Å². The van der Waals surface area contributed by atoms with Gasteiger partial charge in [-0.1, -0.05) is 12.1 Å². The number of fused-ring (bicyclic) bond motifs is 1. The monoisotopic (exact) mass is 470 g/mol. The third kappa shape index (κ3) is 4.85. The highest BCUT2D eigenvalue weighted by Gasteiger charge is 2.22. The Bertz CT molecular complexity index is 1290. The molecule has 0 unspecified atom stereocenters. The molecule has 0 spiro atoms. The van der Waals surface area contributed by atoms with Crippen molar-refractivity contribution in [1.29, 1.82) is 0 Å². The van der Waals surface area contributed by atoms with Gasteiger partial charge in [0.05, 0.1) is 17.8 Å². The standard InChI is InChI=1S/C23H26N4O5S/c1-2-32-18-9-5-4-8-16(18)24-19(28)14-26-17-10-13-33-21(17)22(30)27(23(26)31)15-20(29)25-11-6-3-7-12-25/h4-5,8-10,13H,2-3,6-7,11-12,14-15H2,1H3,(H,24,28). The maximum absolute atomic E-state index is 13.2. The number of carbonyl (C=O) groups is 2. The van der Waals surface area contributed by atoms with Gasteiger partial charge in [-0.05, 0) is 49.8 Å². The lowest BCUT2D eigenvalue weighted by Gasteiger charge is -2.26. The van der Waals surface area contributed by atoms with E-state index in [2.05, 4.69) is 5.32 Å². The molecule has 0 atom stereocenters. The Kier molecular flexibility index (Phi) is 6.93. The number of hydrogen-bond acceptors (Lipinski definition) is 6. The molecule has 1 N–H and O–H groups in total. The van der Waals surface area contributed by atoms with Gasteiger partial charge < -0.3 is 15.0 Å². The minimum atomic E-state index is -0.676. The van der Waals surface area contributed by atoms with E-state index in [1.54, 1.807) is 40.6 Å². The fourth-order valence-electron chi connectivity index (χ4n) is 3.99. The minimum absolute atomic E-state index is 0.258. The number of piperidine rings is 1. The molecular formula is C23H26N4O5S. The first-order valence-corrected chi connectivity index (χ1v) is 11.9. The van der Waals surface area contributed by atoms with Crippen LogP contribution in [0.4, 0.5) is 5.69 Å². The molecule has 0 radical (unpaired) electrons. The second-order valence-corrected chi connectivity index (χ2v) is 8.73.